The fourth-order valence-electron chi connectivity index (χ4n) is 3.25. The summed E-state index contributed by atoms with van der Waals surface area (Å²) in [6.07, 6.45) is -1.66. The molecule has 0 unspecified atom stereocenters. The van der Waals surface area contributed by atoms with Crippen molar-refractivity contribution >= 4 is 23.5 Å². The van der Waals surface area contributed by atoms with Crippen LogP contribution in [-0.2, 0) is 11.9 Å². The van der Waals surface area contributed by atoms with E-state index in [0.717, 1.165) is 37.1 Å². The monoisotopic (exact) mass is 442 g/mol. The summed E-state index contributed by atoms with van der Waals surface area (Å²) in [6, 6.07) is 4.28. The first-order valence-corrected chi connectivity index (χ1v) is 10.9. The molecule has 30 heavy (non-hydrogen) atoms. The van der Waals surface area contributed by atoms with Crippen LogP contribution in [0.5, 0.6) is 0 Å². The van der Waals surface area contributed by atoms with Gasteiger partial charge in [0.25, 0.3) is 5.91 Å². The van der Waals surface area contributed by atoms with Gasteiger partial charge in [0.05, 0.1) is 5.75 Å². The number of hydrogen-bond donors (Lipinski definition) is 1. The highest BCUT2D eigenvalue weighted by Crippen LogP contribution is 2.34. The smallest absolute Gasteiger partial charge is 0.433 e. The van der Waals surface area contributed by atoms with Crippen molar-refractivity contribution in [3.05, 3.63) is 35.4 Å². The molecule has 1 atom stereocenters. The van der Waals surface area contributed by atoms with Gasteiger partial charge in [0.1, 0.15) is 11.6 Å². The zero-order chi connectivity index (χ0) is 21.9. The number of furan rings is 1. The largest absolute Gasteiger partial charge is 0.455 e. The summed E-state index contributed by atoms with van der Waals surface area (Å²) in [4.78, 5) is 22.0. The average molecular weight is 443 g/mol. The van der Waals surface area contributed by atoms with Gasteiger partial charge >= 0.3 is 6.18 Å². The van der Waals surface area contributed by atoms with Gasteiger partial charge in [-0.25, -0.2) is 9.97 Å². The van der Waals surface area contributed by atoms with Crippen LogP contribution in [0.15, 0.2) is 27.8 Å². The van der Waals surface area contributed by atoms with Gasteiger partial charge in [0.15, 0.2) is 16.6 Å². The third-order valence-corrected chi connectivity index (χ3v) is 5.60. The lowest BCUT2D eigenvalue weighted by molar-refractivity contribution is -0.141. The van der Waals surface area contributed by atoms with Crippen molar-refractivity contribution in [1.82, 2.24) is 15.3 Å². The third-order valence-electron chi connectivity index (χ3n) is 4.73. The number of hydrogen-bond acceptors (Lipinski definition) is 6. The second-order valence-corrected chi connectivity index (χ2v) is 8.56. The number of thioether (sulfide) groups is 1. The van der Waals surface area contributed by atoms with Gasteiger partial charge in [0, 0.05) is 24.7 Å². The summed E-state index contributed by atoms with van der Waals surface area (Å²) in [5.74, 6) is 0.793. The molecule has 1 fully saturated rings. The Labute approximate surface area is 177 Å². The van der Waals surface area contributed by atoms with E-state index in [4.69, 9.17) is 4.42 Å². The minimum Gasteiger partial charge on any atom is -0.455 e. The van der Waals surface area contributed by atoms with Crippen LogP contribution < -0.4 is 10.2 Å². The van der Waals surface area contributed by atoms with E-state index in [1.807, 2.05) is 25.7 Å². The van der Waals surface area contributed by atoms with Crippen LogP contribution in [0.1, 0.15) is 62.0 Å². The first kappa shape index (κ1) is 22.5. The highest BCUT2D eigenvalue weighted by molar-refractivity contribution is 7.98. The predicted octanol–water partition coefficient (Wildman–Crippen LogP) is 4.90. The molecule has 10 heteroatoms. The molecule has 1 aliphatic heterocycles. The molecule has 0 aliphatic carbocycles. The molecule has 0 bridgehead atoms. The molecule has 3 rings (SSSR count). The quantitative estimate of drug-likeness (QED) is 0.507. The Bertz CT molecular complexity index is 885. The Balaban J connectivity index is 1.77. The molecular weight excluding hydrogens is 417 g/mol. The molecule has 0 aromatic carbocycles. The summed E-state index contributed by atoms with van der Waals surface area (Å²) >= 11 is 1.05. The van der Waals surface area contributed by atoms with Crippen LogP contribution in [0.4, 0.5) is 19.0 Å². The molecule has 0 spiro atoms. The lowest BCUT2D eigenvalue weighted by atomic mass is 10.0. The molecule has 2 aromatic rings. The summed E-state index contributed by atoms with van der Waals surface area (Å²) < 4.78 is 45.7. The fourth-order valence-corrected chi connectivity index (χ4v) is 4.00. The van der Waals surface area contributed by atoms with Crippen LogP contribution in [0.25, 0.3) is 0 Å². The topological polar surface area (TPSA) is 71.3 Å². The first-order valence-electron chi connectivity index (χ1n) is 9.89. The van der Waals surface area contributed by atoms with Crippen LogP contribution in [0, 0.1) is 0 Å². The summed E-state index contributed by atoms with van der Waals surface area (Å²) in [5.41, 5.74) is -0.954. The van der Waals surface area contributed by atoms with E-state index in [1.165, 1.54) is 0 Å². The van der Waals surface area contributed by atoms with Crippen molar-refractivity contribution in [1.29, 1.82) is 0 Å². The molecule has 0 radical (unpaired) electrons. The molecular formula is C20H25F3N4O2S. The second-order valence-electron chi connectivity index (χ2n) is 7.61. The number of nitrogens with one attached hydrogen (secondary N) is 1. The number of piperidine rings is 1. The number of carbonyl (C=O) groups is 1. The van der Waals surface area contributed by atoms with Gasteiger partial charge in [-0.2, -0.15) is 13.2 Å². The molecule has 1 aliphatic rings. The number of rotatable bonds is 6. The normalized spacial score (nSPS) is 17.4. The van der Waals surface area contributed by atoms with Crippen molar-refractivity contribution < 1.29 is 22.4 Å². The molecule has 1 N–H and O–H groups in total. The van der Waals surface area contributed by atoms with Crippen LogP contribution in [0.3, 0.4) is 0 Å². The Morgan fingerprint density at radius 1 is 1.33 bits per heavy atom. The molecule has 1 saturated heterocycles. The number of aromatic nitrogens is 2. The number of nitrogens with zero attached hydrogens (tertiary/aromatic N) is 3. The third kappa shape index (κ3) is 5.68. The molecule has 3 heterocycles. The standard InChI is InChI=1S/C20H25F3N4O2S/c1-12(2)24-18(28)15-8-7-14(29-15)11-30-19-25-16(20(21,22)23)10-17(26-19)27-9-5-4-6-13(27)3/h7-8,10,12-13H,4-6,9,11H2,1-3H3,(H,24,28)/t13-/m0/s1. The van der Waals surface area contributed by atoms with Crippen LogP contribution in [-0.4, -0.2) is 34.5 Å². The van der Waals surface area contributed by atoms with Gasteiger partial charge in [-0.15, -0.1) is 0 Å². The lowest BCUT2D eigenvalue weighted by Crippen LogP contribution is -2.38. The molecule has 1 amide bonds. The Kier molecular flexibility index (Phi) is 6.95. The lowest BCUT2D eigenvalue weighted by Gasteiger charge is -2.34. The van der Waals surface area contributed by atoms with E-state index >= 15 is 0 Å². The predicted molar refractivity (Wildman–Crippen MR) is 109 cm³/mol. The maximum atomic E-state index is 13.4. The van der Waals surface area contributed by atoms with Crippen LogP contribution >= 0.6 is 11.8 Å². The maximum Gasteiger partial charge on any atom is 0.433 e. The zero-order valence-electron chi connectivity index (χ0n) is 17.1. The fraction of sp³-hybridized carbons (Fsp3) is 0.550. The molecule has 2 aromatic heterocycles. The molecule has 164 valence electrons. The highest BCUT2D eigenvalue weighted by atomic mass is 32.2. The van der Waals surface area contributed by atoms with E-state index in [1.54, 1.807) is 12.1 Å². The van der Waals surface area contributed by atoms with Crippen molar-refractivity contribution in [3.8, 4) is 0 Å². The first-order chi connectivity index (χ1) is 14.1. The summed E-state index contributed by atoms with van der Waals surface area (Å²) in [7, 11) is 0. The molecule has 6 nitrogen and oxygen atoms in total. The van der Waals surface area contributed by atoms with Gasteiger partial charge in [0.2, 0.25) is 0 Å². The van der Waals surface area contributed by atoms with Gasteiger partial charge < -0.3 is 14.6 Å². The average Bonchev–Trinajstić information content (AvgIpc) is 3.14. The summed E-state index contributed by atoms with van der Waals surface area (Å²) in [5, 5.41) is 2.75. The maximum absolute atomic E-state index is 13.4. The number of alkyl halides is 3. The second kappa shape index (κ2) is 9.28. The highest BCUT2D eigenvalue weighted by Gasteiger charge is 2.35. The Hall–Kier alpha value is -2.23. The van der Waals surface area contributed by atoms with E-state index in [-0.39, 0.29) is 34.7 Å². The van der Waals surface area contributed by atoms with E-state index < -0.39 is 11.9 Å². The zero-order valence-corrected chi connectivity index (χ0v) is 17.9. The SMILES string of the molecule is CC(C)NC(=O)c1ccc(CSc2nc(N3CCCC[C@@H]3C)cc(C(F)(F)F)n2)o1. The van der Waals surface area contributed by atoms with Crippen molar-refractivity contribution in [3.63, 3.8) is 0 Å². The van der Waals surface area contributed by atoms with Gasteiger partial charge in [-0.05, 0) is 52.2 Å². The molecule has 0 saturated carbocycles. The number of carbonyl (C=O) groups excluding carboxylic acids is 1. The van der Waals surface area contributed by atoms with Crippen molar-refractivity contribution in [2.45, 2.75) is 69.2 Å². The van der Waals surface area contributed by atoms with Gasteiger partial charge in [-0.1, -0.05) is 11.8 Å². The minimum absolute atomic E-state index is 0.0298. The summed E-state index contributed by atoms with van der Waals surface area (Å²) in [6.45, 7) is 6.34. The van der Waals surface area contributed by atoms with Gasteiger partial charge in [-0.3, -0.25) is 4.79 Å². The number of amides is 1. The van der Waals surface area contributed by atoms with E-state index in [9.17, 15) is 18.0 Å². The van der Waals surface area contributed by atoms with Crippen LogP contribution in [0.2, 0.25) is 0 Å². The Morgan fingerprint density at radius 2 is 2.10 bits per heavy atom. The van der Waals surface area contributed by atoms with E-state index in [0.29, 0.717) is 18.1 Å². The van der Waals surface area contributed by atoms with Crippen molar-refractivity contribution in [2.75, 3.05) is 11.4 Å². The number of halogens is 3. The number of anilines is 1. The van der Waals surface area contributed by atoms with E-state index in [2.05, 4.69) is 15.3 Å². The Morgan fingerprint density at radius 3 is 2.77 bits per heavy atom. The minimum atomic E-state index is -4.56. The van der Waals surface area contributed by atoms with Crippen molar-refractivity contribution in [2.24, 2.45) is 0 Å².